The van der Waals surface area contributed by atoms with Gasteiger partial charge in [0.15, 0.2) is 0 Å². The lowest BCUT2D eigenvalue weighted by molar-refractivity contribution is -0.145. The van der Waals surface area contributed by atoms with Crippen LogP contribution in [-0.2, 0) is 9.53 Å². The van der Waals surface area contributed by atoms with Gasteiger partial charge >= 0.3 is 5.97 Å². The molecule has 18 heavy (non-hydrogen) atoms. The lowest BCUT2D eigenvalue weighted by Crippen LogP contribution is -2.47. The number of ether oxygens (including phenoxy) is 1. The van der Waals surface area contributed by atoms with Crippen molar-refractivity contribution in [2.45, 2.75) is 31.4 Å². The molecule has 3 heteroatoms. The zero-order valence-corrected chi connectivity index (χ0v) is 10.5. The summed E-state index contributed by atoms with van der Waals surface area (Å²) in [5.74, 6) is -0.225. The number of esters is 1. The molecule has 2 atom stereocenters. The number of carbonyl (C=O) groups is 1. The van der Waals surface area contributed by atoms with Crippen LogP contribution in [0.5, 0.6) is 0 Å². The number of hydrogen-bond acceptors (Lipinski definition) is 3. The van der Waals surface area contributed by atoms with E-state index >= 15 is 0 Å². The normalized spacial score (nSPS) is 30.8. The number of rotatable bonds is 2. The average molecular weight is 243 g/mol. The molecular weight excluding hydrogens is 226 g/mol. The Morgan fingerprint density at radius 1 is 1.33 bits per heavy atom. The molecule has 0 bridgehead atoms. The Bertz CT molecular complexity index is 483. The number of para-hydroxylation sites is 1. The van der Waals surface area contributed by atoms with E-state index in [1.54, 1.807) is 6.08 Å². The number of carbonyl (C=O) groups excluding carboxylic acids is 1. The predicted octanol–water partition coefficient (Wildman–Crippen LogP) is 2.53. The van der Waals surface area contributed by atoms with Gasteiger partial charge in [-0.15, -0.1) is 0 Å². The van der Waals surface area contributed by atoms with Gasteiger partial charge in [0.25, 0.3) is 0 Å². The quantitative estimate of drug-likeness (QED) is 0.747. The second-order valence-electron chi connectivity index (χ2n) is 5.13. The Kier molecular flexibility index (Phi) is 2.62. The minimum Gasteiger partial charge on any atom is -0.450 e. The van der Waals surface area contributed by atoms with E-state index in [0.29, 0.717) is 0 Å². The van der Waals surface area contributed by atoms with E-state index in [-0.39, 0.29) is 12.0 Å². The zero-order chi connectivity index (χ0) is 12.6. The minimum absolute atomic E-state index is 0.225. The van der Waals surface area contributed by atoms with Gasteiger partial charge in [0.2, 0.25) is 0 Å². The van der Waals surface area contributed by atoms with E-state index in [1.807, 2.05) is 31.2 Å². The fraction of sp³-hybridized carbons (Fsp3) is 0.400. The van der Waals surface area contributed by atoms with Gasteiger partial charge < -0.3 is 9.64 Å². The minimum atomic E-state index is -0.483. The van der Waals surface area contributed by atoms with E-state index < -0.39 is 5.60 Å². The van der Waals surface area contributed by atoms with Crippen LogP contribution >= 0.6 is 0 Å². The first-order valence-corrected chi connectivity index (χ1v) is 6.43. The SMILES string of the molecule is CC1(C2CCCN2c2ccccc2)C=CC(=O)O1. The predicted molar refractivity (Wildman–Crippen MR) is 70.4 cm³/mol. The zero-order valence-electron chi connectivity index (χ0n) is 10.5. The summed E-state index contributed by atoms with van der Waals surface area (Å²) in [5, 5.41) is 0. The summed E-state index contributed by atoms with van der Waals surface area (Å²) in [5.41, 5.74) is 0.723. The van der Waals surface area contributed by atoms with Crippen LogP contribution < -0.4 is 4.90 Å². The molecule has 0 spiro atoms. The lowest BCUT2D eigenvalue weighted by atomic mass is 9.94. The Labute approximate surface area is 107 Å². The molecular formula is C15H17NO2. The van der Waals surface area contributed by atoms with Gasteiger partial charge in [0.1, 0.15) is 5.60 Å². The highest BCUT2D eigenvalue weighted by molar-refractivity contribution is 5.85. The van der Waals surface area contributed by atoms with Gasteiger partial charge in [-0.2, -0.15) is 0 Å². The van der Waals surface area contributed by atoms with Crippen LogP contribution in [0.15, 0.2) is 42.5 Å². The fourth-order valence-corrected chi connectivity index (χ4v) is 2.99. The van der Waals surface area contributed by atoms with Crippen molar-refractivity contribution in [1.82, 2.24) is 0 Å². The van der Waals surface area contributed by atoms with Crippen LogP contribution in [0.4, 0.5) is 5.69 Å². The summed E-state index contributed by atoms with van der Waals surface area (Å²) in [7, 11) is 0. The van der Waals surface area contributed by atoms with Gasteiger partial charge in [-0.1, -0.05) is 18.2 Å². The Morgan fingerprint density at radius 2 is 2.11 bits per heavy atom. The number of benzene rings is 1. The number of nitrogens with zero attached hydrogens (tertiary/aromatic N) is 1. The van der Waals surface area contributed by atoms with Crippen molar-refractivity contribution in [1.29, 1.82) is 0 Å². The van der Waals surface area contributed by atoms with E-state index in [0.717, 1.165) is 19.4 Å². The molecule has 1 fully saturated rings. The summed E-state index contributed by atoms with van der Waals surface area (Å²) in [6, 6.07) is 10.6. The van der Waals surface area contributed by atoms with E-state index in [9.17, 15) is 4.79 Å². The van der Waals surface area contributed by atoms with Gasteiger partial charge in [-0.3, -0.25) is 0 Å². The summed E-state index contributed by atoms with van der Waals surface area (Å²) in [6.45, 7) is 3.02. The third-order valence-electron chi connectivity index (χ3n) is 3.87. The van der Waals surface area contributed by atoms with Crippen LogP contribution in [0.2, 0.25) is 0 Å². The maximum atomic E-state index is 11.3. The highest BCUT2D eigenvalue weighted by Crippen LogP contribution is 2.36. The number of hydrogen-bond donors (Lipinski definition) is 0. The summed E-state index contributed by atoms with van der Waals surface area (Å²) < 4.78 is 5.49. The van der Waals surface area contributed by atoms with E-state index in [1.165, 1.54) is 5.69 Å². The Balaban J connectivity index is 1.88. The molecule has 1 aromatic carbocycles. The molecule has 0 N–H and O–H groups in total. The van der Waals surface area contributed by atoms with Crippen molar-refractivity contribution in [2.24, 2.45) is 0 Å². The largest absolute Gasteiger partial charge is 0.450 e. The van der Waals surface area contributed by atoms with Gasteiger partial charge in [-0.05, 0) is 38.0 Å². The summed E-state index contributed by atoms with van der Waals surface area (Å²) in [6.07, 6.45) is 5.65. The lowest BCUT2D eigenvalue weighted by Gasteiger charge is -2.36. The van der Waals surface area contributed by atoms with Gasteiger partial charge in [0, 0.05) is 18.3 Å². The molecule has 0 aromatic heterocycles. The summed E-state index contributed by atoms with van der Waals surface area (Å²) in [4.78, 5) is 13.7. The molecule has 2 aliphatic heterocycles. The number of anilines is 1. The maximum absolute atomic E-state index is 11.3. The molecule has 2 aliphatic rings. The van der Waals surface area contributed by atoms with Crippen molar-refractivity contribution < 1.29 is 9.53 Å². The summed E-state index contributed by atoms with van der Waals surface area (Å²) >= 11 is 0. The van der Waals surface area contributed by atoms with Crippen LogP contribution in [-0.4, -0.2) is 24.2 Å². The molecule has 2 heterocycles. The smallest absolute Gasteiger partial charge is 0.331 e. The standard InChI is InChI=1S/C15H17NO2/c1-15(10-9-14(17)18-15)13-8-5-11-16(13)12-6-3-2-4-7-12/h2-4,6-7,9-10,13H,5,8,11H2,1H3. The molecule has 0 saturated carbocycles. The molecule has 1 aromatic rings. The Morgan fingerprint density at radius 3 is 2.78 bits per heavy atom. The highest BCUT2D eigenvalue weighted by Gasteiger charge is 2.44. The topological polar surface area (TPSA) is 29.5 Å². The third kappa shape index (κ3) is 1.80. The molecule has 3 nitrogen and oxygen atoms in total. The van der Waals surface area contributed by atoms with Crippen molar-refractivity contribution in [3.63, 3.8) is 0 Å². The average Bonchev–Trinajstić information content (AvgIpc) is 2.98. The fourth-order valence-electron chi connectivity index (χ4n) is 2.99. The molecule has 3 rings (SSSR count). The maximum Gasteiger partial charge on any atom is 0.331 e. The van der Waals surface area contributed by atoms with Crippen molar-refractivity contribution in [3.8, 4) is 0 Å². The van der Waals surface area contributed by atoms with Crippen LogP contribution in [0.3, 0.4) is 0 Å². The molecule has 94 valence electrons. The van der Waals surface area contributed by atoms with Crippen LogP contribution in [0, 0.1) is 0 Å². The monoisotopic (exact) mass is 243 g/mol. The van der Waals surface area contributed by atoms with E-state index in [2.05, 4.69) is 17.0 Å². The Hall–Kier alpha value is -1.77. The van der Waals surface area contributed by atoms with Crippen molar-refractivity contribution in [3.05, 3.63) is 42.5 Å². The first kappa shape index (κ1) is 11.3. The van der Waals surface area contributed by atoms with Crippen molar-refractivity contribution in [2.75, 3.05) is 11.4 Å². The first-order valence-electron chi connectivity index (χ1n) is 6.43. The molecule has 0 radical (unpaired) electrons. The first-order chi connectivity index (χ1) is 8.69. The van der Waals surface area contributed by atoms with Gasteiger partial charge in [-0.25, -0.2) is 4.79 Å². The molecule has 0 aliphatic carbocycles. The number of cyclic esters (lactones) is 1. The van der Waals surface area contributed by atoms with E-state index in [4.69, 9.17) is 4.74 Å². The second-order valence-corrected chi connectivity index (χ2v) is 5.13. The third-order valence-corrected chi connectivity index (χ3v) is 3.87. The second kappa shape index (κ2) is 4.16. The van der Waals surface area contributed by atoms with Gasteiger partial charge in [0.05, 0.1) is 6.04 Å². The van der Waals surface area contributed by atoms with Crippen molar-refractivity contribution >= 4 is 11.7 Å². The van der Waals surface area contributed by atoms with Crippen LogP contribution in [0.25, 0.3) is 0 Å². The van der Waals surface area contributed by atoms with Crippen LogP contribution in [0.1, 0.15) is 19.8 Å². The molecule has 1 saturated heterocycles. The highest BCUT2D eigenvalue weighted by atomic mass is 16.6. The molecule has 2 unspecified atom stereocenters. The molecule has 0 amide bonds.